The molecule has 0 aromatic carbocycles. The first-order chi connectivity index (χ1) is 11.2. The van der Waals surface area contributed by atoms with Gasteiger partial charge in [-0.25, -0.2) is 4.57 Å². The number of rotatable bonds is 12. The molecule has 1 heterocycles. The van der Waals surface area contributed by atoms with Gasteiger partial charge < -0.3 is 45.6 Å². The van der Waals surface area contributed by atoms with Gasteiger partial charge in [0, 0.05) is 19.6 Å². The first-order valence-corrected chi connectivity index (χ1v) is 9.00. The molecular weight excluding hydrogens is 425 g/mol. The van der Waals surface area contributed by atoms with Gasteiger partial charge >= 0.3 is 28.3 Å². The Hall–Kier alpha value is -0.321. The number of aryl methyl sites for hydroxylation is 1. The van der Waals surface area contributed by atoms with Crippen LogP contribution in [0.15, 0.2) is 12.4 Å². The fraction of sp³-hybridized carbons (Fsp3) is 0.750. The van der Waals surface area contributed by atoms with Crippen LogP contribution in [0.2, 0.25) is 0 Å². The molecule has 0 unspecified atom stereocenters. The molecule has 1 N–H and O–H groups in total. The summed E-state index contributed by atoms with van der Waals surface area (Å²) in [6.45, 7) is 4.95. The third-order valence-corrected chi connectivity index (χ3v) is 3.41. The van der Waals surface area contributed by atoms with Crippen LogP contribution in [0, 0.1) is 10.1 Å². The predicted octanol–water partition coefficient (Wildman–Crippen LogP) is 0.0455. The maximum absolute atomic E-state index is 10.8. The number of nitrogens with one attached hydrogen (secondary N) is 1. The van der Waals surface area contributed by atoms with Gasteiger partial charge in [-0.2, -0.15) is 11.5 Å². The zero-order chi connectivity index (χ0) is 17.5. The second-order valence-corrected chi connectivity index (χ2v) is 5.35. The molecule has 0 amide bonds. The van der Waals surface area contributed by atoms with Crippen LogP contribution in [0.4, 0.5) is 5.95 Å². The van der Waals surface area contributed by atoms with Crippen LogP contribution in [-0.2, 0) is 54.2 Å². The van der Waals surface area contributed by atoms with Crippen molar-refractivity contribution in [3.63, 3.8) is 0 Å². The molecule has 0 saturated carbocycles. The summed E-state index contributed by atoms with van der Waals surface area (Å²) < 4.78 is 9.79. The maximum atomic E-state index is 10.8. The van der Waals surface area contributed by atoms with Gasteiger partial charge in [-0.1, -0.05) is 4.98 Å². The summed E-state index contributed by atoms with van der Waals surface area (Å²) in [6.07, 6.45) is 3.92. The molecule has 0 aliphatic heterocycles. The Bertz CT molecular complexity index is 439. The minimum atomic E-state index is -0.459. The van der Waals surface area contributed by atoms with Crippen LogP contribution in [0.1, 0.15) is 6.42 Å². The Kier molecular flexibility index (Phi) is 15.0. The summed E-state index contributed by atoms with van der Waals surface area (Å²) in [5.74, 6) is 1.30. The third-order valence-electron chi connectivity index (χ3n) is 3.02. The van der Waals surface area contributed by atoms with E-state index in [-0.39, 0.29) is 5.95 Å². The second kappa shape index (κ2) is 15.2. The van der Waals surface area contributed by atoms with Crippen LogP contribution in [0.5, 0.6) is 0 Å². The van der Waals surface area contributed by atoms with E-state index in [1.54, 1.807) is 10.8 Å². The fourth-order valence-corrected chi connectivity index (χ4v) is 2.41. The third kappa shape index (κ3) is 10.2. The van der Waals surface area contributed by atoms with Gasteiger partial charge in [0.05, 0.1) is 6.54 Å². The van der Waals surface area contributed by atoms with Crippen molar-refractivity contribution in [1.82, 2.24) is 19.8 Å². The van der Waals surface area contributed by atoms with E-state index in [9.17, 15) is 10.1 Å². The first-order valence-electron chi connectivity index (χ1n) is 7.09. The van der Waals surface area contributed by atoms with E-state index in [1.165, 1.54) is 6.20 Å². The van der Waals surface area contributed by atoms with Crippen molar-refractivity contribution in [3.8, 4) is 0 Å². The minimum absolute atomic E-state index is 0.100. The van der Waals surface area contributed by atoms with Crippen LogP contribution in [0.25, 0.3) is 0 Å². The molecule has 0 atom stereocenters. The second-order valence-electron chi connectivity index (χ2n) is 4.53. The number of hydrogen-bond acceptors (Lipinski definition) is 8. The monoisotopic (exact) mass is 446 g/mol. The summed E-state index contributed by atoms with van der Waals surface area (Å²) in [6, 6.07) is 0. The molecule has 0 spiro atoms. The predicted molar refractivity (Wildman–Crippen MR) is 88.0 cm³/mol. The zero-order valence-electron chi connectivity index (χ0n) is 12.7. The first kappa shape index (κ1) is 22.7. The van der Waals surface area contributed by atoms with Crippen molar-refractivity contribution >= 4 is 31.2 Å². The summed E-state index contributed by atoms with van der Waals surface area (Å²) in [4.78, 5) is 16.3. The number of imidazole rings is 1. The topological polar surface area (TPSA) is 93.3 Å². The average molecular weight is 446 g/mol. The Morgan fingerprint density at radius 1 is 1.26 bits per heavy atom. The summed E-state index contributed by atoms with van der Waals surface area (Å²) in [5.41, 5.74) is 0. The van der Waals surface area contributed by atoms with Crippen LogP contribution in [-0.4, -0.2) is 63.6 Å². The standard InChI is InChI=1S/C12H23N5O2S2.O.Tc/c18-17(19)12-14-3-8-16(12)6-1-5-15(9-11-21)7-2-13-4-10-20;;/h3,8,13,20-21H,1-2,4-7,9-11H2;;/q;;+2/p-2/i;;1+1. The molecule has 1 aromatic rings. The van der Waals surface area contributed by atoms with Crippen LogP contribution in [0.3, 0.4) is 0 Å². The average Bonchev–Trinajstić information content (AvgIpc) is 3.02. The molecular formula is C12H21N5O3S2Tc. The van der Waals surface area contributed by atoms with Crippen molar-refractivity contribution in [2.24, 2.45) is 0 Å². The molecule has 11 heteroatoms. The van der Waals surface area contributed by atoms with E-state index >= 15 is 0 Å². The van der Waals surface area contributed by atoms with Gasteiger partial charge in [-0.15, -0.1) is 0 Å². The Balaban J connectivity index is 0.00000232. The Morgan fingerprint density at radius 2 is 2.00 bits per heavy atom. The van der Waals surface area contributed by atoms with E-state index in [0.29, 0.717) is 18.1 Å². The van der Waals surface area contributed by atoms with E-state index in [0.717, 1.165) is 58.0 Å². The fourth-order valence-electron chi connectivity index (χ4n) is 2.01. The van der Waals surface area contributed by atoms with E-state index in [4.69, 9.17) is 28.8 Å². The van der Waals surface area contributed by atoms with E-state index in [1.807, 2.05) is 0 Å². The van der Waals surface area contributed by atoms with Crippen LogP contribution < -0.4 is 5.32 Å². The molecule has 0 fully saturated rings. The van der Waals surface area contributed by atoms with Crippen molar-refractivity contribution in [3.05, 3.63) is 22.5 Å². The molecule has 23 heavy (non-hydrogen) atoms. The number of aromatic nitrogens is 2. The molecule has 1 rings (SSSR count). The zero-order valence-corrected chi connectivity index (χ0v) is 16.2. The van der Waals surface area contributed by atoms with Gasteiger partial charge in [0.25, 0.3) is 0 Å². The van der Waals surface area contributed by atoms with Crippen molar-refractivity contribution in [2.75, 3.05) is 44.2 Å². The van der Waals surface area contributed by atoms with Gasteiger partial charge in [-0.05, 0) is 24.4 Å². The molecule has 0 aliphatic carbocycles. The Labute approximate surface area is 157 Å². The molecule has 0 saturated heterocycles. The number of nitrogens with zero attached hydrogens (tertiary/aromatic N) is 4. The van der Waals surface area contributed by atoms with E-state index in [2.05, 4.69) is 15.2 Å². The van der Waals surface area contributed by atoms with Gasteiger partial charge in [0.15, 0.2) is 0 Å². The SMILES string of the molecule is O=[N+]([O-])c1nccn1CCCN(CC[S-])CCNCC[S-].[O]=[99Tc+2]. The molecule has 0 aliphatic rings. The normalized spacial score (nSPS) is 10.3. The van der Waals surface area contributed by atoms with Crippen LogP contribution >= 0.6 is 0 Å². The van der Waals surface area contributed by atoms with Gasteiger partial charge in [0.1, 0.15) is 12.4 Å². The number of hydrogen-bond donors (Lipinski definition) is 1. The molecule has 8 nitrogen and oxygen atoms in total. The molecule has 1 aromatic heterocycles. The summed E-state index contributed by atoms with van der Waals surface area (Å²) in [5, 5.41) is 14.0. The quantitative estimate of drug-likeness (QED) is 0.208. The molecule has 0 radical (unpaired) electrons. The molecule has 0 bridgehead atoms. The Morgan fingerprint density at radius 3 is 2.61 bits per heavy atom. The summed E-state index contributed by atoms with van der Waals surface area (Å²) >= 11 is 10.8. The van der Waals surface area contributed by atoms with Gasteiger partial charge in [-0.3, -0.25) is 0 Å². The summed E-state index contributed by atoms with van der Waals surface area (Å²) in [7, 11) is 0. The van der Waals surface area contributed by atoms with Gasteiger partial charge in [0.2, 0.25) is 0 Å². The van der Waals surface area contributed by atoms with E-state index < -0.39 is 4.92 Å². The molecule has 131 valence electrons. The number of nitro groups is 1. The van der Waals surface area contributed by atoms with Crippen molar-refractivity contribution in [2.45, 2.75) is 13.0 Å². The van der Waals surface area contributed by atoms with Crippen molar-refractivity contribution < 1.29 is 27.3 Å². The van der Waals surface area contributed by atoms with Crippen molar-refractivity contribution in [1.29, 1.82) is 0 Å².